The fraction of sp³-hybridized carbons (Fsp3) is 0.231. The molecule has 0 aliphatic heterocycles. The molecule has 5 heteroatoms. The van der Waals surface area contributed by atoms with Crippen molar-refractivity contribution in [2.45, 2.75) is 13.8 Å². The highest BCUT2D eigenvalue weighted by atomic mass is 35.5. The van der Waals surface area contributed by atoms with Crippen LogP contribution < -0.4 is 4.74 Å². The molecule has 0 saturated heterocycles. The van der Waals surface area contributed by atoms with Gasteiger partial charge in [0, 0.05) is 12.5 Å². The van der Waals surface area contributed by atoms with Gasteiger partial charge in [0.15, 0.2) is 5.78 Å². The number of ether oxygens (including phenoxy) is 1. The Morgan fingerprint density at radius 3 is 2.72 bits per heavy atom. The second-order valence-electron chi connectivity index (χ2n) is 3.82. The Hall–Kier alpha value is -1.39. The fourth-order valence-corrected chi connectivity index (χ4v) is 2.77. The van der Waals surface area contributed by atoms with E-state index in [1.54, 1.807) is 26.2 Å². The third-order valence-electron chi connectivity index (χ3n) is 2.48. The zero-order chi connectivity index (χ0) is 13.3. The molecule has 3 nitrogen and oxygen atoms in total. The molecule has 0 aliphatic rings. The zero-order valence-corrected chi connectivity index (χ0v) is 11.9. The van der Waals surface area contributed by atoms with Gasteiger partial charge in [-0.15, -0.1) is 11.3 Å². The highest BCUT2D eigenvalue weighted by Crippen LogP contribution is 2.33. The van der Waals surface area contributed by atoms with Crippen LogP contribution in [0.2, 0.25) is 5.02 Å². The van der Waals surface area contributed by atoms with Crippen molar-refractivity contribution >= 4 is 28.7 Å². The van der Waals surface area contributed by atoms with Gasteiger partial charge in [-0.1, -0.05) is 11.6 Å². The summed E-state index contributed by atoms with van der Waals surface area (Å²) in [6, 6.07) is 5.39. The standard InChI is InChI=1S/C13H12ClNO2S/c1-7(16)13-12(15-8(2)18-13)9-4-5-11(17-3)10(14)6-9/h4-6H,1-3H3. The first kappa shape index (κ1) is 13.1. The second-order valence-corrected chi connectivity index (χ2v) is 5.43. The number of thiazole rings is 1. The monoisotopic (exact) mass is 281 g/mol. The summed E-state index contributed by atoms with van der Waals surface area (Å²) in [6.07, 6.45) is 0. The summed E-state index contributed by atoms with van der Waals surface area (Å²) in [5.74, 6) is 0.624. The molecule has 1 aromatic carbocycles. The van der Waals surface area contributed by atoms with Crippen LogP contribution in [-0.4, -0.2) is 17.9 Å². The van der Waals surface area contributed by atoms with E-state index in [0.29, 0.717) is 21.3 Å². The predicted octanol–water partition coefficient (Wildman–Crippen LogP) is 3.98. The van der Waals surface area contributed by atoms with Crippen LogP contribution in [0.25, 0.3) is 11.3 Å². The van der Waals surface area contributed by atoms with E-state index in [2.05, 4.69) is 4.98 Å². The van der Waals surface area contributed by atoms with Gasteiger partial charge in [-0.25, -0.2) is 4.98 Å². The number of methoxy groups -OCH3 is 1. The fourth-order valence-electron chi connectivity index (χ4n) is 1.68. The topological polar surface area (TPSA) is 39.2 Å². The smallest absolute Gasteiger partial charge is 0.172 e. The summed E-state index contributed by atoms with van der Waals surface area (Å²) in [6.45, 7) is 3.42. The summed E-state index contributed by atoms with van der Waals surface area (Å²) < 4.78 is 5.10. The normalized spacial score (nSPS) is 10.4. The van der Waals surface area contributed by atoms with E-state index in [4.69, 9.17) is 16.3 Å². The molecule has 0 saturated carbocycles. The number of aromatic nitrogens is 1. The highest BCUT2D eigenvalue weighted by Gasteiger charge is 2.16. The molecule has 0 bridgehead atoms. The van der Waals surface area contributed by atoms with Crippen LogP contribution in [0.15, 0.2) is 18.2 Å². The van der Waals surface area contributed by atoms with Gasteiger partial charge in [0.1, 0.15) is 5.75 Å². The average molecular weight is 282 g/mol. The Balaban J connectivity index is 2.55. The lowest BCUT2D eigenvalue weighted by molar-refractivity contribution is 0.102. The first-order valence-electron chi connectivity index (χ1n) is 5.35. The molecular formula is C13H12ClNO2S. The van der Waals surface area contributed by atoms with E-state index in [0.717, 1.165) is 10.6 Å². The van der Waals surface area contributed by atoms with Crippen LogP contribution in [0.4, 0.5) is 0 Å². The summed E-state index contributed by atoms with van der Waals surface area (Å²) in [5, 5.41) is 1.37. The Kier molecular flexibility index (Phi) is 3.68. The minimum atomic E-state index is 0.0162. The number of nitrogens with zero attached hydrogens (tertiary/aromatic N) is 1. The third kappa shape index (κ3) is 2.40. The quantitative estimate of drug-likeness (QED) is 0.799. The Morgan fingerprint density at radius 1 is 1.44 bits per heavy atom. The zero-order valence-electron chi connectivity index (χ0n) is 10.3. The average Bonchev–Trinajstić information content (AvgIpc) is 2.71. The van der Waals surface area contributed by atoms with Gasteiger partial charge in [-0.2, -0.15) is 0 Å². The largest absolute Gasteiger partial charge is 0.495 e. The summed E-state index contributed by atoms with van der Waals surface area (Å²) >= 11 is 7.48. The number of benzene rings is 1. The van der Waals surface area contributed by atoms with E-state index >= 15 is 0 Å². The number of ketones is 1. The molecule has 2 rings (SSSR count). The molecule has 0 radical (unpaired) electrons. The number of carbonyl (C=O) groups is 1. The third-order valence-corrected chi connectivity index (χ3v) is 3.85. The first-order chi connectivity index (χ1) is 8.52. The lowest BCUT2D eigenvalue weighted by atomic mass is 10.1. The van der Waals surface area contributed by atoms with Crippen LogP contribution in [0.3, 0.4) is 0 Å². The van der Waals surface area contributed by atoms with E-state index in [-0.39, 0.29) is 5.78 Å². The van der Waals surface area contributed by atoms with Crippen LogP contribution >= 0.6 is 22.9 Å². The molecule has 0 N–H and O–H groups in total. The molecule has 0 unspecified atom stereocenters. The molecule has 0 fully saturated rings. The van der Waals surface area contributed by atoms with Gasteiger partial charge < -0.3 is 4.74 Å². The summed E-state index contributed by atoms with van der Waals surface area (Å²) in [5.41, 5.74) is 1.52. The van der Waals surface area contributed by atoms with E-state index in [9.17, 15) is 4.79 Å². The number of carbonyl (C=O) groups excluding carboxylic acids is 1. The SMILES string of the molecule is COc1ccc(-c2nc(C)sc2C(C)=O)cc1Cl. The van der Waals surface area contributed by atoms with Gasteiger partial charge >= 0.3 is 0 Å². The molecule has 94 valence electrons. The number of rotatable bonds is 3. The highest BCUT2D eigenvalue weighted by molar-refractivity contribution is 7.14. The predicted molar refractivity (Wildman–Crippen MR) is 73.9 cm³/mol. The van der Waals surface area contributed by atoms with Crippen LogP contribution in [0.1, 0.15) is 21.6 Å². The van der Waals surface area contributed by atoms with Crippen LogP contribution in [-0.2, 0) is 0 Å². The first-order valence-corrected chi connectivity index (χ1v) is 6.54. The van der Waals surface area contributed by atoms with Crippen molar-refractivity contribution in [2.24, 2.45) is 0 Å². The van der Waals surface area contributed by atoms with Gasteiger partial charge in [-0.05, 0) is 25.1 Å². The van der Waals surface area contributed by atoms with Crippen molar-refractivity contribution < 1.29 is 9.53 Å². The Labute approximate surface area is 114 Å². The van der Waals surface area contributed by atoms with Gasteiger partial charge in [-0.3, -0.25) is 4.79 Å². The van der Waals surface area contributed by atoms with Crippen molar-refractivity contribution in [3.05, 3.63) is 33.1 Å². The molecule has 1 heterocycles. The number of Topliss-reactive ketones (excluding diaryl/α,β-unsaturated/α-hetero) is 1. The van der Waals surface area contributed by atoms with Crippen LogP contribution in [0.5, 0.6) is 5.75 Å². The minimum Gasteiger partial charge on any atom is -0.495 e. The number of halogens is 1. The Morgan fingerprint density at radius 2 is 2.17 bits per heavy atom. The van der Waals surface area contributed by atoms with Gasteiger partial charge in [0.25, 0.3) is 0 Å². The Bertz CT molecular complexity index is 607. The molecule has 1 aromatic heterocycles. The molecule has 0 amide bonds. The maximum absolute atomic E-state index is 11.6. The molecule has 0 spiro atoms. The van der Waals surface area contributed by atoms with Crippen LogP contribution in [0, 0.1) is 6.92 Å². The molecule has 2 aromatic rings. The summed E-state index contributed by atoms with van der Waals surface area (Å²) in [4.78, 5) is 16.6. The van der Waals surface area contributed by atoms with E-state index in [1.165, 1.54) is 11.3 Å². The minimum absolute atomic E-state index is 0.0162. The number of aryl methyl sites for hydroxylation is 1. The maximum atomic E-state index is 11.6. The van der Waals surface area contributed by atoms with Crippen molar-refractivity contribution in [1.82, 2.24) is 4.98 Å². The molecule has 0 atom stereocenters. The van der Waals surface area contributed by atoms with Crippen molar-refractivity contribution in [3.8, 4) is 17.0 Å². The lowest BCUT2D eigenvalue weighted by Crippen LogP contribution is -1.92. The number of hydrogen-bond acceptors (Lipinski definition) is 4. The maximum Gasteiger partial charge on any atom is 0.172 e. The van der Waals surface area contributed by atoms with E-state index in [1.807, 2.05) is 13.0 Å². The van der Waals surface area contributed by atoms with E-state index < -0.39 is 0 Å². The molecule has 0 aliphatic carbocycles. The molecule has 18 heavy (non-hydrogen) atoms. The van der Waals surface area contributed by atoms with Crippen molar-refractivity contribution in [2.75, 3.05) is 7.11 Å². The number of hydrogen-bond donors (Lipinski definition) is 0. The van der Waals surface area contributed by atoms with Gasteiger partial charge in [0.2, 0.25) is 0 Å². The van der Waals surface area contributed by atoms with Crippen molar-refractivity contribution in [1.29, 1.82) is 0 Å². The van der Waals surface area contributed by atoms with Crippen molar-refractivity contribution in [3.63, 3.8) is 0 Å². The lowest BCUT2D eigenvalue weighted by Gasteiger charge is -2.05. The molecular weight excluding hydrogens is 270 g/mol. The summed E-state index contributed by atoms with van der Waals surface area (Å²) in [7, 11) is 1.56. The second kappa shape index (κ2) is 5.08. The van der Waals surface area contributed by atoms with Gasteiger partial charge in [0.05, 0.1) is 27.7 Å².